The molecule has 1 heterocycles. The number of rotatable bonds is 3. The fraction of sp³-hybridized carbons (Fsp3) is 0.917. The van der Waals surface area contributed by atoms with Gasteiger partial charge in [0.15, 0.2) is 0 Å². The molecule has 3 unspecified atom stereocenters. The van der Waals surface area contributed by atoms with Crippen LogP contribution in [-0.2, 0) is 4.79 Å². The zero-order valence-corrected chi connectivity index (χ0v) is 12.2. The van der Waals surface area contributed by atoms with E-state index in [1.807, 2.05) is 9.24 Å². The lowest BCUT2D eigenvalue weighted by molar-refractivity contribution is 0.139. The number of likely N-dealkylation sites (N-methyl/N-ethyl adjacent to an activating group) is 1. The zero-order valence-electron chi connectivity index (χ0n) is 11.1. The highest BCUT2D eigenvalue weighted by molar-refractivity contribution is 7.36. The maximum Gasteiger partial charge on any atom is 0.135 e. The summed E-state index contributed by atoms with van der Waals surface area (Å²) in [6.45, 7) is 10.7. The summed E-state index contributed by atoms with van der Waals surface area (Å²) in [4.78, 5) is 11.4. The van der Waals surface area contributed by atoms with Gasteiger partial charge in [-0.3, -0.25) is 4.79 Å². The van der Waals surface area contributed by atoms with Gasteiger partial charge in [0.25, 0.3) is 0 Å². The molecule has 1 aliphatic heterocycles. The van der Waals surface area contributed by atoms with E-state index in [1.165, 1.54) is 26.1 Å². The second-order valence-corrected chi connectivity index (χ2v) is 5.35. The standard InChI is InChI=1S/C11H24N2.CH3OP/c1-9(2)6-13-7-10(3)5-11(8-13)12-4;2-1-3/h9-12H,5-8H2,1-4H3;1H,3H2. The second kappa shape index (κ2) is 9.09. The molecule has 0 spiro atoms. The Kier molecular flexibility index (Phi) is 9.10. The van der Waals surface area contributed by atoms with E-state index in [0.29, 0.717) is 12.1 Å². The highest BCUT2D eigenvalue weighted by atomic mass is 31.0. The molecule has 0 aliphatic carbocycles. The van der Waals surface area contributed by atoms with Crippen molar-refractivity contribution < 1.29 is 4.79 Å². The van der Waals surface area contributed by atoms with Gasteiger partial charge in [0.05, 0.1) is 0 Å². The second-order valence-electron chi connectivity index (χ2n) is 5.07. The molecule has 1 fully saturated rings. The molecule has 0 saturated carbocycles. The molecule has 1 aliphatic rings. The van der Waals surface area contributed by atoms with Crippen LogP contribution >= 0.6 is 9.24 Å². The van der Waals surface area contributed by atoms with Gasteiger partial charge in [-0.1, -0.05) is 30.0 Å². The van der Waals surface area contributed by atoms with Crippen LogP contribution in [0.1, 0.15) is 27.2 Å². The molecule has 1 N–H and O–H groups in total. The minimum atomic E-state index is 0.667. The number of piperidine rings is 1. The minimum absolute atomic E-state index is 0.667. The van der Waals surface area contributed by atoms with Gasteiger partial charge in [0, 0.05) is 25.7 Å². The Hall–Kier alpha value is 0.0200. The summed E-state index contributed by atoms with van der Waals surface area (Å²) >= 11 is 0. The number of carbonyl (C=O) groups is 1. The number of hydrogen-bond donors (Lipinski definition) is 1. The molecule has 4 heteroatoms. The summed E-state index contributed by atoms with van der Waals surface area (Å²) in [6, 6.07) is 1.38. The van der Waals surface area contributed by atoms with Crippen LogP contribution in [0.15, 0.2) is 0 Å². The van der Waals surface area contributed by atoms with Gasteiger partial charge in [-0.2, -0.15) is 0 Å². The van der Waals surface area contributed by atoms with Gasteiger partial charge in [0.1, 0.15) is 6.03 Å². The van der Waals surface area contributed by atoms with Gasteiger partial charge < -0.3 is 10.2 Å². The maximum absolute atomic E-state index is 8.77. The molecule has 1 rings (SSSR count). The lowest BCUT2D eigenvalue weighted by Crippen LogP contribution is -2.48. The first kappa shape index (κ1) is 16.0. The van der Waals surface area contributed by atoms with Gasteiger partial charge in [-0.05, 0) is 25.3 Å². The molecule has 0 radical (unpaired) electrons. The van der Waals surface area contributed by atoms with Gasteiger partial charge in [-0.25, -0.2) is 0 Å². The number of hydrogen-bond acceptors (Lipinski definition) is 3. The van der Waals surface area contributed by atoms with Crippen molar-refractivity contribution in [3.63, 3.8) is 0 Å². The van der Waals surface area contributed by atoms with E-state index in [2.05, 4.69) is 38.0 Å². The van der Waals surface area contributed by atoms with Crippen molar-refractivity contribution in [1.29, 1.82) is 0 Å². The molecule has 0 aromatic heterocycles. The summed E-state index contributed by atoms with van der Waals surface area (Å²) in [5.74, 6) is 1.65. The van der Waals surface area contributed by atoms with Crippen LogP contribution in [0.5, 0.6) is 0 Å². The molecule has 96 valence electrons. The van der Waals surface area contributed by atoms with Gasteiger partial charge in [-0.15, -0.1) is 0 Å². The van der Waals surface area contributed by atoms with E-state index >= 15 is 0 Å². The highest BCUT2D eigenvalue weighted by Crippen LogP contribution is 2.16. The van der Waals surface area contributed by atoms with Crippen LogP contribution < -0.4 is 5.32 Å². The fourth-order valence-corrected chi connectivity index (χ4v) is 2.34. The molecule has 0 aromatic rings. The normalized spacial score (nSPS) is 26.1. The van der Waals surface area contributed by atoms with Crippen LogP contribution in [0, 0.1) is 11.8 Å². The lowest BCUT2D eigenvalue weighted by atomic mass is 9.95. The van der Waals surface area contributed by atoms with Crippen molar-refractivity contribution in [3.05, 3.63) is 0 Å². The largest absolute Gasteiger partial charge is 0.316 e. The fourth-order valence-electron chi connectivity index (χ4n) is 2.34. The topological polar surface area (TPSA) is 32.3 Å². The summed E-state index contributed by atoms with van der Waals surface area (Å²) in [5, 5.41) is 3.40. The summed E-state index contributed by atoms with van der Waals surface area (Å²) in [7, 11) is 3.98. The zero-order chi connectivity index (χ0) is 12.6. The van der Waals surface area contributed by atoms with E-state index in [-0.39, 0.29) is 0 Å². The van der Waals surface area contributed by atoms with Crippen molar-refractivity contribution in [2.75, 3.05) is 26.7 Å². The van der Waals surface area contributed by atoms with Crippen molar-refractivity contribution in [2.45, 2.75) is 33.2 Å². The third kappa shape index (κ3) is 7.32. The maximum atomic E-state index is 8.77. The first-order chi connectivity index (χ1) is 7.53. The van der Waals surface area contributed by atoms with Crippen LogP contribution in [0.4, 0.5) is 0 Å². The Balaban J connectivity index is 0.000000673. The Morgan fingerprint density at radius 1 is 1.50 bits per heavy atom. The van der Waals surface area contributed by atoms with Crippen molar-refractivity contribution in [1.82, 2.24) is 10.2 Å². The quantitative estimate of drug-likeness (QED) is 0.607. The van der Waals surface area contributed by atoms with E-state index in [9.17, 15) is 0 Å². The first-order valence-electron chi connectivity index (χ1n) is 6.08. The number of nitrogens with zero attached hydrogens (tertiary/aromatic N) is 1. The third-order valence-corrected chi connectivity index (χ3v) is 2.77. The Morgan fingerprint density at radius 2 is 2.06 bits per heavy atom. The molecular weight excluding hydrogens is 219 g/mol. The van der Waals surface area contributed by atoms with E-state index in [0.717, 1.165) is 11.8 Å². The highest BCUT2D eigenvalue weighted by Gasteiger charge is 2.23. The predicted molar refractivity (Wildman–Crippen MR) is 74.4 cm³/mol. The molecule has 0 aromatic carbocycles. The average Bonchev–Trinajstić information content (AvgIpc) is 2.16. The Bertz CT molecular complexity index is 186. The van der Waals surface area contributed by atoms with Crippen molar-refractivity contribution in [3.8, 4) is 0 Å². The molecule has 16 heavy (non-hydrogen) atoms. The minimum Gasteiger partial charge on any atom is -0.316 e. The van der Waals surface area contributed by atoms with Crippen LogP contribution in [-0.4, -0.2) is 43.7 Å². The Labute approximate surface area is 103 Å². The van der Waals surface area contributed by atoms with E-state index in [4.69, 9.17) is 4.79 Å². The van der Waals surface area contributed by atoms with Crippen LogP contribution in [0.2, 0.25) is 0 Å². The summed E-state index contributed by atoms with van der Waals surface area (Å²) < 4.78 is 0. The molecule has 3 nitrogen and oxygen atoms in total. The smallest absolute Gasteiger partial charge is 0.135 e. The van der Waals surface area contributed by atoms with Gasteiger partial charge >= 0.3 is 0 Å². The summed E-state index contributed by atoms with van der Waals surface area (Å²) in [6.07, 6.45) is 1.34. The third-order valence-electron chi connectivity index (χ3n) is 2.77. The predicted octanol–water partition coefficient (Wildman–Crippen LogP) is 1.62. The molecular formula is C12H27N2OP. The first-order valence-corrected chi connectivity index (χ1v) is 6.75. The average molecular weight is 246 g/mol. The molecule has 0 amide bonds. The molecule has 0 bridgehead atoms. The number of nitrogens with one attached hydrogen (secondary N) is 1. The number of likely N-dealkylation sites (tertiary alicyclic amines) is 1. The SMILES string of the molecule is CNC1CC(C)CN(CC(C)C)C1.O=CP. The van der Waals surface area contributed by atoms with E-state index < -0.39 is 0 Å². The molecule has 1 saturated heterocycles. The van der Waals surface area contributed by atoms with Crippen LogP contribution in [0.25, 0.3) is 0 Å². The van der Waals surface area contributed by atoms with Crippen molar-refractivity contribution >= 4 is 15.3 Å². The monoisotopic (exact) mass is 246 g/mol. The summed E-state index contributed by atoms with van der Waals surface area (Å²) in [5.41, 5.74) is 0. The van der Waals surface area contributed by atoms with Crippen LogP contribution in [0.3, 0.4) is 0 Å². The lowest BCUT2D eigenvalue weighted by Gasteiger charge is -2.37. The van der Waals surface area contributed by atoms with Crippen molar-refractivity contribution in [2.24, 2.45) is 11.8 Å². The van der Waals surface area contributed by atoms with E-state index in [1.54, 1.807) is 0 Å². The number of carbonyl (C=O) groups excluding carboxylic acids is 1. The van der Waals surface area contributed by atoms with Gasteiger partial charge in [0.2, 0.25) is 0 Å². The Morgan fingerprint density at radius 3 is 2.50 bits per heavy atom. The molecule has 3 atom stereocenters.